The van der Waals surface area contributed by atoms with Crippen LogP contribution in [-0.2, 0) is 14.1 Å². The third-order valence-corrected chi connectivity index (χ3v) is 8.04. The zero-order valence-electron chi connectivity index (χ0n) is 22.2. The molecule has 0 fully saturated rings. The third-order valence-electron chi connectivity index (χ3n) is 5.13. The second-order valence-corrected chi connectivity index (χ2v) is 11.0. The summed E-state index contributed by atoms with van der Waals surface area (Å²) < 4.78 is 42.4. The highest BCUT2D eigenvalue weighted by molar-refractivity contribution is 7.97. The van der Waals surface area contributed by atoms with Crippen molar-refractivity contribution in [3.05, 3.63) is 87.0 Å². The first-order valence-electron chi connectivity index (χ1n) is 11.8. The van der Waals surface area contributed by atoms with Crippen LogP contribution in [0, 0.1) is 20.2 Å². The van der Waals surface area contributed by atoms with Crippen LogP contribution in [-0.4, -0.2) is 53.8 Å². The Morgan fingerprint density at radius 3 is 1.80 bits per heavy atom. The normalized spacial score (nSPS) is 11.0. The molecule has 0 N–H and O–H groups in total. The van der Waals surface area contributed by atoms with Crippen LogP contribution in [0.5, 0.6) is 23.0 Å². The molecule has 3 aromatic carbocycles. The lowest BCUT2D eigenvalue weighted by molar-refractivity contribution is -0.396. The van der Waals surface area contributed by atoms with Gasteiger partial charge in [0.15, 0.2) is 0 Å². The van der Waals surface area contributed by atoms with Gasteiger partial charge >= 0.3 is 13.6 Å². The molecule has 0 heterocycles. The van der Waals surface area contributed by atoms with Crippen molar-refractivity contribution in [2.45, 2.75) is 11.8 Å². The minimum Gasteiger partial charge on any atom is -0.497 e. The molecule has 0 aliphatic carbocycles. The second-order valence-electron chi connectivity index (χ2n) is 7.99. The first-order chi connectivity index (χ1) is 19.6. The molecule has 0 saturated carbocycles. The van der Waals surface area contributed by atoms with Gasteiger partial charge in [0.05, 0.1) is 36.7 Å². The zero-order valence-corrected chi connectivity index (χ0v) is 23.9. The average Bonchev–Trinajstić information content (AvgIpc) is 2.93. The first-order valence-corrected chi connectivity index (χ1v) is 14.3. The molecule has 0 unspecified atom stereocenters. The van der Waals surface area contributed by atoms with Gasteiger partial charge in [0.1, 0.15) is 40.7 Å². The molecular formula is C25H26N3O11PS. The van der Waals surface area contributed by atoms with Crippen molar-refractivity contribution in [3.8, 4) is 23.0 Å². The van der Waals surface area contributed by atoms with E-state index in [0.717, 1.165) is 12.1 Å². The highest BCUT2D eigenvalue weighted by atomic mass is 32.2. The Morgan fingerprint density at radius 1 is 0.854 bits per heavy atom. The van der Waals surface area contributed by atoms with Crippen molar-refractivity contribution < 1.29 is 42.5 Å². The number of nitro benzene ring substituents is 2. The van der Waals surface area contributed by atoms with E-state index in [-0.39, 0.29) is 23.0 Å². The fraction of sp³-hybridized carbons (Fsp3) is 0.240. The Hall–Kier alpha value is -4.33. The zero-order chi connectivity index (χ0) is 30.0. The Bertz CT molecular complexity index is 1370. The van der Waals surface area contributed by atoms with Crippen LogP contribution in [0.25, 0.3) is 0 Å². The number of hydrogen-bond acceptors (Lipinski definition) is 13. The molecule has 0 radical (unpaired) electrons. The summed E-state index contributed by atoms with van der Waals surface area (Å²) in [7, 11) is -1.24. The van der Waals surface area contributed by atoms with Crippen molar-refractivity contribution in [2.24, 2.45) is 0 Å². The Kier molecular flexibility index (Phi) is 10.9. The predicted molar refractivity (Wildman–Crippen MR) is 149 cm³/mol. The van der Waals surface area contributed by atoms with Crippen LogP contribution in [0.15, 0.2) is 71.6 Å². The van der Waals surface area contributed by atoms with Crippen LogP contribution in [0.2, 0.25) is 0 Å². The maximum absolute atomic E-state index is 14.2. The van der Waals surface area contributed by atoms with E-state index < -0.39 is 47.6 Å². The van der Waals surface area contributed by atoms with Gasteiger partial charge in [-0.05, 0) is 73.5 Å². The standard InChI is InChI=1S/C25H26N3O11PS/c1-4-37-25(29)16-26(41-24-14-5-18(27(30)31)15-23(24)28(32)33)17-40(34,38-21-10-6-19(35-2)7-11-21)39-22-12-8-20(36-3)9-13-22/h5-15H,4,16-17H2,1-3H3. The molecule has 0 aliphatic rings. The lowest BCUT2D eigenvalue weighted by atomic mass is 10.3. The van der Waals surface area contributed by atoms with Crippen molar-refractivity contribution in [1.82, 2.24) is 4.31 Å². The number of methoxy groups -OCH3 is 2. The van der Waals surface area contributed by atoms with Gasteiger partial charge in [-0.1, -0.05) is 0 Å². The molecule has 3 aromatic rings. The van der Waals surface area contributed by atoms with E-state index >= 15 is 0 Å². The van der Waals surface area contributed by atoms with Crippen molar-refractivity contribution >= 4 is 36.9 Å². The van der Waals surface area contributed by atoms with Gasteiger partial charge in [0.2, 0.25) is 0 Å². The number of benzene rings is 3. The van der Waals surface area contributed by atoms with Gasteiger partial charge < -0.3 is 23.3 Å². The van der Waals surface area contributed by atoms with Gasteiger partial charge in [-0.25, -0.2) is 8.87 Å². The number of hydrogen-bond donors (Lipinski definition) is 0. The maximum Gasteiger partial charge on any atom is 0.445 e. The molecule has 0 aromatic heterocycles. The number of nitrogens with zero attached hydrogens (tertiary/aromatic N) is 3. The van der Waals surface area contributed by atoms with Gasteiger partial charge in [-0.2, -0.15) is 0 Å². The summed E-state index contributed by atoms with van der Waals surface area (Å²) in [5, 5.41) is 22.9. The quantitative estimate of drug-likeness (QED) is 0.0678. The number of carbonyl (C=O) groups excluding carboxylic acids is 1. The van der Waals surface area contributed by atoms with Crippen LogP contribution in [0.1, 0.15) is 6.92 Å². The number of carbonyl (C=O) groups is 1. The molecule has 0 aliphatic heterocycles. The molecular weight excluding hydrogens is 581 g/mol. The molecule has 0 bridgehead atoms. The molecule has 41 heavy (non-hydrogen) atoms. The molecule has 0 spiro atoms. The Labute approximate surface area is 239 Å². The van der Waals surface area contributed by atoms with E-state index in [4.69, 9.17) is 23.3 Å². The Morgan fingerprint density at radius 2 is 1.37 bits per heavy atom. The summed E-state index contributed by atoms with van der Waals surface area (Å²) in [5.74, 6) is 0.640. The highest BCUT2D eigenvalue weighted by Crippen LogP contribution is 2.51. The van der Waals surface area contributed by atoms with Crippen LogP contribution < -0.4 is 18.5 Å². The molecule has 14 nitrogen and oxygen atoms in total. The van der Waals surface area contributed by atoms with E-state index in [2.05, 4.69) is 0 Å². The fourth-order valence-corrected chi connectivity index (χ4v) is 6.29. The SMILES string of the molecule is CCOC(=O)CN(CP(=O)(Oc1ccc(OC)cc1)Oc1ccc(OC)cc1)Sc1ccc([N+](=O)[O-])cc1[N+](=O)[O-]. The van der Waals surface area contributed by atoms with Crippen molar-refractivity contribution in [1.29, 1.82) is 0 Å². The first kappa shape index (κ1) is 31.2. The molecule has 3 rings (SSSR count). The molecule has 0 atom stereocenters. The van der Waals surface area contributed by atoms with Crippen LogP contribution >= 0.6 is 19.5 Å². The number of ether oxygens (including phenoxy) is 3. The lowest BCUT2D eigenvalue weighted by Crippen LogP contribution is -2.28. The summed E-state index contributed by atoms with van der Waals surface area (Å²) in [6, 6.07) is 15.4. The number of non-ortho nitro benzene ring substituents is 1. The van der Waals surface area contributed by atoms with E-state index in [1.807, 2.05) is 0 Å². The summed E-state index contributed by atoms with van der Waals surface area (Å²) >= 11 is 0.674. The monoisotopic (exact) mass is 607 g/mol. The number of rotatable bonds is 15. The summed E-state index contributed by atoms with van der Waals surface area (Å²) in [6.45, 7) is 1.17. The van der Waals surface area contributed by atoms with Crippen LogP contribution in [0.4, 0.5) is 11.4 Å². The fourth-order valence-electron chi connectivity index (χ4n) is 3.30. The lowest BCUT2D eigenvalue weighted by Gasteiger charge is -2.26. The smallest absolute Gasteiger partial charge is 0.445 e. The minimum atomic E-state index is -4.20. The topological polar surface area (TPSA) is 170 Å². The molecule has 218 valence electrons. The molecule has 0 amide bonds. The van der Waals surface area contributed by atoms with Gasteiger partial charge in [-0.15, -0.1) is 0 Å². The molecule has 0 saturated heterocycles. The second kappa shape index (κ2) is 14.3. The maximum atomic E-state index is 14.2. The van der Waals surface area contributed by atoms with E-state index in [9.17, 15) is 29.6 Å². The van der Waals surface area contributed by atoms with Gasteiger partial charge in [0.25, 0.3) is 11.4 Å². The van der Waals surface area contributed by atoms with Crippen LogP contribution in [0.3, 0.4) is 0 Å². The largest absolute Gasteiger partial charge is 0.497 e. The summed E-state index contributed by atoms with van der Waals surface area (Å²) in [4.78, 5) is 33.7. The summed E-state index contributed by atoms with van der Waals surface area (Å²) in [6.07, 6.45) is -0.553. The van der Waals surface area contributed by atoms with Crippen molar-refractivity contribution in [3.63, 3.8) is 0 Å². The Balaban J connectivity index is 2.00. The van der Waals surface area contributed by atoms with Crippen molar-refractivity contribution in [2.75, 3.05) is 33.7 Å². The van der Waals surface area contributed by atoms with E-state index in [1.165, 1.54) is 48.9 Å². The van der Waals surface area contributed by atoms with E-state index in [1.54, 1.807) is 31.2 Å². The average molecular weight is 608 g/mol. The summed E-state index contributed by atoms with van der Waals surface area (Å²) in [5.41, 5.74) is -1.07. The highest BCUT2D eigenvalue weighted by Gasteiger charge is 2.35. The van der Waals surface area contributed by atoms with E-state index in [0.29, 0.717) is 23.4 Å². The molecule has 16 heteroatoms. The predicted octanol–water partition coefficient (Wildman–Crippen LogP) is 5.70. The third kappa shape index (κ3) is 9.10. The number of esters is 1. The number of nitro groups is 2. The van der Waals surface area contributed by atoms with Gasteiger partial charge in [0, 0.05) is 6.07 Å². The van der Waals surface area contributed by atoms with Gasteiger partial charge in [-0.3, -0.25) is 25.0 Å². The minimum absolute atomic E-state index is 0.0506.